The van der Waals surface area contributed by atoms with Crippen molar-refractivity contribution >= 4 is 24.2 Å². The molecule has 0 aliphatic heterocycles. The molecule has 116 valence electrons. The van der Waals surface area contributed by atoms with Crippen LogP contribution >= 0.6 is 12.4 Å². The quantitative estimate of drug-likeness (QED) is 0.762. The Hall–Kier alpha value is -1.59. The minimum absolute atomic E-state index is 0. The first kappa shape index (κ1) is 17.5. The fraction of sp³-hybridized carbons (Fsp3) is 0.467. The van der Waals surface area contributed by atoms with Crippen molar-refractivity contribution in [2.45, 2.75) is 25.8 Å². The van der Waals surface area contributed by atoms with Crippen molar-refractivity contribution in [1.82, 2.24) is 5.32 Å². The molecule has 1 saturated carbocycles. The second kappa shape index (κ2) is 8.00. The molecule has 1 aliphatic carbocycles. The lowest BCUT2D eigenvalue weighted by atomic mass is 9.95. The fourth-order valence-corrected chi connectivity index (χ4v) is 2.77. The van der Waals surface area contributed by atoms with Crippen LogP contribution in [0.3, 0.4) is 0 Å². The lowest BCUT2D eigenvalue weighted by Crippen LogP contribution is -2.34. The number of primary amides is 1. The summed E-state index contributed by atoms with van der Waals surface area (Å²) in [5, 5.41) is 2.94. The molecule has 5 nitrogen and oxygen atoms in total. The topological polar surface area (TPSA) is 98.2 Å². The van der Waals surface area contributed by atoms with Crippen molar-refractivity contribution in [2.75, 3.05) is 6.54 Å². The Bertz CT molecular complexity index is 490. The third kappa shape index (κ3) is 4.44. The minimum atomic E-state index is -0.447. The molecule has 0 unspecified atom stereocenters. The maximum atomic E-state index is 12.1. The summed E-state index contributed by atoms with van der Waals surface area (Å²) in [7, 11) is 0. The maximum absolute atomic E-state index is 12.1. The van der Waals surface area contributed by atoms with Gasteiger partial charge in [0.25, 0.3) is 0 Å². The van der Waals surface area contributed by atoms with Crippen molar-refractivity contribution in [2.24, 2.45) is 23.3 Å². The molecule has 0 radical (unpaired) electrons. The summed E-state index contributed by atoms with van der Waals surface area (Å²) in [5.74, 6) is -0.00797. The standard InChI is InChI=1S/C15H21N3O2.ClH/c16-8-12-2-1-3-13(12)15(20)18-9-10-4-6-11(7-5-10)14(17)19;/h4-7,12-13H,1-3,8-9,16H2,(H2,17,19)(H,18,20);1H/t12-,13-;/m1./s1. The lowest BCUT2D eigenvalue weighted by molar-refractivity contribution is -0.126. The molecule has 6 heteroatoms. The van der Waals surface area contributed by atoms with Gasteiger partial charge in [0, 0.05) is 18.0 Å². The van der Waals surface area contributed by atoms with E-state index in [2.05, 4.69) is 5.32 Å². The molecule has 0 aromatic heterocycles. The second-order valence-electron chi connectivity index (χ2n) is 5.31. The van der Waals surface area contributed by atoms with Crippen LogP contribution in [0.25, 0.3) is 0 Å². The van der Waals surface area contributed by atoms with E-state index in [0.717, 1.165) is 24.8 Å². The van der Waals surface area contributed by atoms with Crippen molar-refractivity contribution in [1.29, 1.82) is 0 Å². The van der Waals surface area contributed by atoms with Crippen molar-refractivity contribution < 1.29 is 9.59 Å². The highest BCUT2D eigenvalue weighted by atomic mass is 35.5. The number of rotatable bonds is 5. The van der Waals surface area contributed by atoms with E-state index in [9.17, 15) is 9.59 Å². The molecule has 1 fully saturated rings. The molecule has 0 heterocycles. The van der Waals surface area contributed by atoms with E-state index in [1.807, 2.05) is 0 Å². The molecule has 1 aromatic rings. The van der Waals surface area contributed by atoms with Gasteiger partial charge >= 0.3 is 0 Å². The Balaban J connectivity index is 0.00000220. The third-order valence-corrected chi connectivity index (χ3v) is 4.00. The number of carbonyl (C=O) groups is 2. The van der Waals surface area contributed by atoms with Crippen molar-refractivity contribution in [3.8, 4) is 0 Å². The molecule has 1 aliphatic rings. The Labute approximate surface area is 130 Å². The third-order valence-electron chi connectivity index (χ3n) is 4.00. The Morgan fingerprint density at radius 1 is 1.19 bits per heavy atom. The van der Waals surface area contributed by atoms with Crippen molar-refractivity contribution in [3.05, 3.63) is 35.4 Å². The molecule has 0 bridgehead atoms. The highest BCUT2D eigenvalue weighted by Gasteiger charge is 2.31. The second-order valence-corrected chi connectivity index (χ2v) is 5.31. The highest BCUT2D eigenvalue weighted by Crippen LogP contribution is 2.30. The van der Waals surface area contributed by atoms with Crippen LogP contribution in [0.15, 0.2) is 24.3 Å². The average molecular weight is 312 g/mol. The van der Waals surface area contributed by atoms with Gasteiger partial charge in [-0.05, 0) is 43.0 Å². The molecule has 5 N–H and O–H groups in total. The lowest BCUT2D eigenvalue weighted by Gasteiger charge is -2.17. The molecule has 21 heavy (non-hydrogen) atoms. The van der Waals surface area contributed by atoms with E-state index in [-0.39, 0.29) is 24.2 Å². The van der Waals surface area contributed by atoms with Gasteiger partial charge in [-0.1, -0.05) is 18.6 Å². The predicted octanol–water partition coefficient (Wildman–Crippen LogP) is 1.20. The van der Waals surface area contributed by atoms with E-state index >= 15 is 0 Å². The molecule has 2 atom stereocenters. The van der Waals surface area contributed by atoms with Gasteiger partial charge in [0.15, 0.2) is 0 Å². The summed E-state index contributed by atoms with van der Waals surface area (Å²) >= 11 is 0. The number of nitrogens with two attached hydrogens (primary N) is 2. The van der Waals surface area contributed by atoms with E-state index in [4.69, 9.17) is 11.5 Å². The van der Waals surface area contributed by atoms with Gasteiger partial charge in [-0.3, -0.25) is 9.59 Å². The smallest absolute Gasteiger partial charge is 0.248 e. The van der Waals surface area contributed by atoms with Gasteiger partial charge in [0.2, 0.25) is 11.8 Å². The SMILES string of the molecule is Cl.NC[C@H]1CCC[C@H]1C(=O)NCc1ccc(C(N)=O)cc1. The van der Waals surface area contributed by atoms with Gasteiger partial charge in [-0.25, -0.2) is 0 Å². The molecular formula is C15H22ClN3O2. The van der Waals surface area contributed by atoms with Gasteiger partial charge in [-0.2, -0.15) is 0 Å². The normalized spacial score (nSPS) is 20.6. The summed E-state index contributed by atoms with van der Waals surface area (Å²) in [6.45, 7) is 1.04. The minimum Gasteiger partial charge on any atom is -0.366 e. The Morgan fingerprint density at radius 2 is 1.86 bits per heavy atom. The Kier molecular flexibility index (Phi) is 6.65. The van der Waals surface area contributed by atoms with Crippen LogP contribution in [0, 0.1) is 11.8 Å². The van der Waals surface area contributed by atoms with Crippen LogP contribution < -0.4 is 16.8 Å². The van der Waals surface area contributed by atoms with Crippen LogP contribution in [0.5, 0.6) is 0 Å². The summed E-state index contributed by atoms with van der Waals surface area (Å²) in [6.07, 6.45) is 3.05. The highest BCUT2D eigenvalue weighted by molar-refractivity contribution is 5.92. The zero-order valence-electron chi connectivity index (χ0n) is 11.9. The van der Waals surface area contributed by atoms with Crippen LogP contribution in [-0.2, 0) is 11.3 Å². The Morgan fingerprint density at radius 3 is 2.43 bits per heavy atom. The first-order valence-electron chi connectivity index (χ1n) is 6.98. The van der Waals surface area contributed by atoms with Crippen LogP contribution in [0.4, 0.5) is 0 Å². The first-order valence-corrected chi connectivity index (χ1v) is 6.98. The first-order chi connectivity index (χ1) is 9.61. The van der Waals surface area contributed by atoms with Gasteiger partial charge in [0.1, 0.15) is 0 Å². The summed E-state index contributed by atoms with van der Waals surface area (Å²) in [5.41, 5.74) is 12.3. The number of amides is 2. The van der Waals surface area contributed by atoms with Crippen molar-refractivity contribution in [3.63, 3.8) is 0 Å². The number of carbonyl (C=O) groups excluding carboxylic acids is 2. The molecule has 2 amide bonds. The zero-order valence-corrected chi connectivity index (χ0v) is 12.7. The van der Waals surface area contributed by atoms with Gasteiger partial charge < -0.3 is 16.8 Å². The number of benzene rings is 1. The number of hydrogen-bond donors (Lipinski definition) is 3. The number of hydrogen-bond acceptors (Lipinski definition) is 3. The average Bonchev–Trinajstić information content (AvgIpc) is 2.93. The predicted molar refractivity (Wildman–Crippen MR) is 83.9 cm³/mol. The van der Waals surface area contributed by atoms with E-state index in [0.29, 0.717) is 24.6 Å². The molecule has 1 aromatic carbocycles. The summed E-state index contributed by atoms with van der Waals surface area (Å²) in [4.78, 5) is 23.1. The monoisotopic (exact) mass is 311 g/mol. The summed E-state index contributed by atoms with van der Waals surface area (Å²) < 4.78 is 0. The van der Waals surface area contributed by atoms with E-state index in [1.54, 1.807) is 24.3 Å². The summed E-state index contributed by atoms with van der Waals surface area (Å²) in [6, 6.07) is 6.94. The van der Waals surface area contributed by atoms with E-state index < -0.39 is 5.91 Å². The van der Waals surface area contributed by atoms with Crippen LogP contribution in [0.2, 0.25) is 0 Å². The van der Waals surface area contributed by atoms with E-state index in [1.165, 1.54) is 0 Å². The molecule has 0 spiro atoms. The maximum Gasteiger partial charge on any atom is 0.248 e. The molecular weight excluding hydrogens is 290 g/mol. The zero-order chi connectivity index (χ0) is 14.5. The van der Waals surface area contributed by atoms with Gasteiger partial charge in [-0.15, -0.1) is 12.4 Å². The number of nitrogens with one attached hydrogen (secondary N) is 1. The molecule has 0 saturated heterocycles. The fourth-order valence-electron chi connectivity index (χ4n) is 2.77. The van der Waals surface area contributed by atoms with Crippen LogP contribution in [-0.4, -0.2) is 18.4 Å². The largest absolute Gasteiger partial charge is 0.366 e. The van der Waals surface area contributed by atoms with Crippen LogP contribution in [0.1, 0.15) is 35.2 Å². The molecule has 2 rings (SSSR count). The van der Waals surface area contributed by atoms with Gasteiger partial charge in [0.05, 0.1) is 0 Å². The number of halogens is 1.